The molecule has 4 aromatic rings. The highest BCUT2D eigenvalue weighted by Gasteiger charge is 2.16. The van der Waals surface area contributed by atoms with Gasteiger partial charge in [-0.15, -0.1) is 0 Å². The lowest BCUT2D eigenvalue weighted by atomic mass is 10.2. The summed E-state index contributed by atoms with van der Waals surface area (Å²) in [6, 6.07) is 14.6. The van der Waals surface area contributed by atoms with E-state index in [2.05, 4.69) is 26.0 Å². The SMILES string of the molecule is CC(=O)NS(=O)(=O)c1ccc(-c2ccc(C=Nn3c(C(C)C)nc4ccc(Br)cc4c3=O)o2)cc1. The van der Waals surface area contributed by atoms with Gasteiger partial charge in [-0.25, -0.2) is 18.1 Å². The lowest BCUT2D eigenvalue weighted by molar-refractivity contribution is -0.117. The van der Waals surface area contributed by atoms with Gasteiger partial charge in [0.25, 0.3) is 15.6 Å². The Labute approximate surface area is 209 Å². The number of amides is 1. The molecule has 180 valence electrons. The van der Waals surface area contributed by atoms with Gasteiger partial charge in [-0.3, -0.25) is 9.59 Å². The molecule has 0 atom stereocenters. The number of nitrogens with one attached hydrogen (secondary N) is 1. The summed E-state index contributed by atoms with van der Waals surface area (Å²) in [5.41, 5.74) is 0.931. The molecule has 2 aromatic carbocycles. The molecule has 35 heavy (non-hydrogen) atoms. The molecule has 0 bridgehead atoms. The van der Waals surface area contributed by atoms with Crippen molar-refractivity contribution in [3.05, 3.63) is 81.0 Å². The number of nitrogens with zero attached hydrogens (tertiary/aromatic N) is 3. The molecule has 11 heteroatoms. The Hall–Kier alpha value is -3.57. The molecule has 0 saturated heterocycles. The quantitative estimate of drug-likeness (QED) is 0.354. The summed E-state index contributed by atoms with van der Waals surface area (Å²) in [5.74, 6) is 0.673. The monoisotopic (exact) mass is 556 g/mol. The van der Waals surface area contributed by atoms with Gasteiger partial charge in [0, 0.05) is 22.9 Å². The standard InChI is InChI=1S/C24H21BrN4O5S/c1-14(2)23-27-21-10-6-17(25)12-20(21)24(31)29(23)26-13-18-7-11-22(34-18)16-4-8-19(9-5-16)35(32,33)28-15(3)30/h4-14H,1-3H3,(H,28,30). The first kappa shape index (κ1) is 24.6. The Morgan fingerprint density at radius 1 is 1.14 bits per heavy atom. The number of halogens is 1. The molecule has 4 rings (SSSR count). The normalized spacial score (nSPS) is 12.0. The van der Waals surface area contributed by atoms with Crippen LogP contribution in [0.2, 0.25) is 0 Å². The number of rotatable bonds is 6. The molecule has 2 aromatic heterocycles. The second kappa shape index (κ2) is 9.59. The van der Waals surface area contributed by atoms with Gasteiger partial charge < -0.3 is 4.42 Å². The summed E-state index contributed by atoms with van der Waals surface area (Å²) in [4.78, 5) is 28.8. The summed E-state index contributed by atoms with van der Waals surface area (Å²) in [6.45, 7) is 4.99. The zero-order valence-corrected chi connectivity index (χ0v) is 21.4. The average molecular weight is 557 g/mol. The van der Waals surface area contributed by atoms with Crippen LogP contribution in [0.5, 0.6) is 0 Å². The summed E-state index contributed by atoms with van der Waals surface area (Å²) < 4.78 is 34.0. The molecule has 0 fully saturated rings. The lowest BCUT2D eigenvalue weighted by Gasteiger charge is -2.11. The van der Waals surface area contributed by atoms with Crippen LogP contribution in [0.25, 0.3) is 22.2 Å². The molecule has 0 aliphatic carbocycles. The predicted molar refractivity (Wildman–Crippen MR) is 136 cm³/mol. The van der Waals surface area contributed by atoms with Gasteiger partial charge in [-0.1, -0.05) is 29.8 Å². The molecule has 0 saturated carbocycles. The summed E-state index contributed by atoms with van der Waals surface area (Å²) in [7, 11) is -3.92. The molecule has 2 heterocycles. The van der Waals surface area contributed by atoms with E-state index in [1.807, 2.05) is 24.6 Å². The fourth-order valence-corrected chi connectivity index (χ4v) is 4.74. The fraction of sp³-hybridized carbons (Fsp3) is 0.167. The van der Waals surface area contributed by atoms with Crippen LogP contribution in [0, 0.1) is 0 Å². The Balaban J connectivity index is 1.64. The highest BCUT2D eigenvalue weighted by atomic mass is 79.9. The second-order valence-corrected chi connectivity index (χ2v) is 10.6. The molecular weight excluding hydrogens is 536 g/mol. The van der Waals surface area contributed by atoms with E-state index in [9.17, 15) is 18.0 Å². The van der Waals surface area contributed by atoms with E-state index >= 15 is 0 Å². The van der Waals surface area contributed by atoms with E-state index < -0.39 is 15.9 Å². The molecule has 9 nitrogen and oxygen atoms in total. The van der Waals surface area contributed by atoms with Gasteiger partial charge in [-0.05, 0) is 54.6 Å². The van der Waals surface area contributed by atoms with Crippen LogP contribution in [-0.4, -0.2) is 30.2 Å². The smallest absolute Gasteiger partial charge is 0.282 e. The minimum absolute atomic E-state index is 0.0409. The van der Waals surface area contributed by atoms with Crippen molar-refractivity contribution in [3.63, 3.8) is 0 Å². The van der Waals surface area contributed by atoms with Crippen molar-refractivity contribution < 1.29 is 17.6 Å². The number of fused-ring (bicyclic) bond motifs is 1. The molecule has 1 amide bonds. The van der Waals surface area contributed by atoms with Crippen LogP contribution in [0.1, 0.15) is 38.3 Å². The number of aromatic nitrogens is 2. The lowest BCUT2D eigenvalue weighted by Crippen LogP contribution is -2.28. The molecule has 0 unspecified atom stereocenters. The third-order valence-electron chi connectivity index (χ3n) is 5.00. The van der Waals surface area contributed by atoms with Gasteiger partial charge in [0.05, 0.1) is 22.0 Å². The van der Waals surface area contributed by atoms with E-state index in [0.717, 1.165) is 11.4 Å². The minimum atomic E-state index is -3.92. The average Bonchev–Trinajstić information content (AvgIpc) is 3.27. The van der Waals surface area contributed by atoms with Crippen molar-refractivity contribution in [3.8, 4) is 11.3 Å². The largest absolute Gasteiger partial charge is 0.455 e. The minimum Gasteiger partial charge on any atom is -0.455 e. The van der Waals surface area contributed by atoms with Crippen LogP contribution in [0.4, 0.5) is 0 Å². The van der Waals surface area contributed by atoms with Crippen LogP contribution in [0.15, 0.2) is 78.3 Å². The first-order valence-corrected chi connectivity index (χ1v) is 12.8. The zero-order valence-electron chi connectivity index (χ0n) is 19.0. The van der Waals surface area contributed by atoms with E-state index in [4.69, 9.17) is 4.42 Å². The van der Waals surface area contributed by atoms with Gasteiger partial charge in [0.1, 0.15) is 17.3 Å². The van der Waals surface area contributed by atoms with E-state index in [1.165, 1.54) is 23.0 Å². The summed E-state index contributed by atoms with van der Waals surface area (Å²) in [5, 5.41) is 4.79. The first-order chi connectivity index (χ1) is 16.5. The van der Waals surface area contributed by atoms with Crippen LogP contribution >= 0.6 is 15.9 Å². The Morgan fingerprint density at radius 2 is 1.86 bits per heavy atom. The molecule has 0 radical (unpaired) electrons. The van der Waals surface area contributed by atoms with Crippen LogP contribution in [-0.2, 0) is 14.8 Å². The van der Waals surface area contributed by atoms with Gasteiger partial charge in [0.15, 0.2) is 0 Å². The Kier molecular flexibility index (Phi) is 6.73. The summed E-state index contributed by atoms with van der Waals surface area (Å²) >= 11 is 3.38. The molecule has 1 N–H and O–H groups in total. The van der Waals surface area contributed by atoms with Gasteiger partial charge in [-0.2, -0.15) is 9.78 Å². The Bertz CT molecular complexity index is 1620. The number of benzene rings is 2. The third kappa shape index (κ3) is 5.25. The molecule has 0 aliphatic heterocycles. The van der Waals surface area contributed by atoms with Crippen molar-refractivity contribution >= 4 is 49.0 Å². The van der Waals surface area contributed by atoms with Crippen molar-refractivity contribution in [1.29, 1.82) is 0 Å². The maximum atomic E-state index is 13.1. The number of furan rings is 1. The maximum absolute atomic E-state index is 13.1. The van der Waals surface area contributed by atoms with Crippen molar-refractivity contribution in [2.24, 2.45) is 5.10 Å². The number of carbonyl (C=O) groups is 1. The van der Waals surface area contributed by atoms with E-state index in [-0.39, 0.29) is 16.4 Å². The van der Waals surface area contributed by atoms with Crippen LogP contribution in [0.3, 0.4) is 0 Å². The van der Waals surface area contributed by atoms with Crippen molar-refractivity contribution in [2.45, 2.75) is 31.6 Å². The summed E-state index contributed by atoms with van der Waals surface area (Å²) in [6.07, 6.45) is 1.43. The van der Waals surface area contributed by atoms with E-state index in [1.54, 1.807) is 36.4 Å². The number of hydrogen-bond acceptors (Lipinski definition) is 7. The zero-order chi connectivity index (χ0) is 25.3. The maximum Gasteiger partial charge on any atom is 0.282 e. The van der Waals surface area contributed by atoms with Gasteiger partial charge in [0.2, 0.25) is 5.91 Å². The Morgan fingerprint density at radius 3 is 2.51 bits per heavy atom. The van der Waals surface area contributed by atoms with Crippen LogP contribution < -0.4 is 10.3 Å². The highest BCUT2D eigenvalue weighted by Crippen LogP contribution is 2.24. The second-order valence-electron chi connectivity index (χ2n) is 8.04. The molecular formula is C24H21BrN4O5S. The van der Waals surface area contributed by atoms with E-state index in [0.29, 0.717) is 33.8 Å². The third-order valence-corrected chi connectivity index (χ3v) is 6.95. The first-order valence-electron chi connectivity index (χ1n) is 10.6. The predicted octanol–water partition coefficient (Wildman–Crippen LogP) is 4.25. The number of sulfonamides is 1. The highest BCUT2D eigenvalue weighted by molar-refractivity contribution is 9.10. The number of hydrogen-bond donors (Lipinski definition) is 1. The fourth-order valence-electron chi connectivity index (χ4n) is 3.39. The van der Waals surface area contributed by atoms with Gasteiger partial charge >= 0.3 is 0 Å². The van der Waals surface area contributed by atoms with Crippen molar-refractivity contribution in [1.82, 2.24) is 14.4 Å². The molecule has 0 aliphatic rings. The molecule has 0 spiro atoms. The topological polar surface area (TPSA) is 124 Å². The van der Waals surface area contributed by atoms with Crippen molar-refractivity contribution in [2.75, 3.05) is 0 Å². The number of carbonyl (C=O) groups excluding carboxylic acids is 1.